The van der Waals surface area contributed by atoms with Gasteiger partial charge in [-0.3, -0.25) is 14.6 Å². The third-order valence-corrected chi connectivity index (χ3v) is 4.41. The summed E-state index contributed by atoms with van der Waals surface area (Å²) < 4.78 is 7.03. The van der Waals surface area contributed by atoms with Crippen molar-refractivity contribution >= 4 is 0 Å². The van der Waals surface area contributed by atoms with E-state index in [1.807, 2.05) is 19.2 Å². The van der Waals surface area contributed by atoms with E-state index in [1.54, 1.807) is 16.7 Å². The summed E-state index contributed by atoms with van der Waals surface area (Å²) in [5, 5.41) is 3.86. The molecule has 1 unspecified atom stereocenters. The van der Waals surface area contributed by atoms with Gasteiger partial charge in [0, 0.05) is 51.5 Å². The molecule has 0 aromatic carbocycles. The van der Waals surface area contributed by atoms with Crippen LogP contribution in [0.25, 0.3) is 0 Å². The van der Waals surface area contributed by atoms with Gasteiger partial charge >= 0.3 is 0 Å². The molecule has 1 saturated heterocycles. The van der Waals surface area contributed by atoms with Gasteiger partial charge in [-0.05, 0) is 19.9 Å². The topological polar surface area (TPSA) is 67.4 Å². The minimum Gasteiger partial charge on any atom is -0.338 e. The number of nitrogens with zero attached hydrogens (tertiary/aromatic N) is 5. The van der Waals surface area contributed by atoms with E-state index in [0.717, 1.165) is 39.3 Å². The maximum absolute atomic E-state index is 11.7. The second-order valence-corrected chi connectivity index (χ2v) is 5.97. The lowest BCUT2D eigenvalue weighted by molar-refractivity contribution is 0.0863. The summed E-state index contributed by atoms with van der Waals surface area (Å²) in [6, 6.07) is 5.42. The second-order valence-electron chi connectivity index (χ2n) is 5.97. The molecule has 7 heteroatoms. The normalized spacial score (nSPS) is 18.2. The van der Waals surface area contributed by atoms with Crippen LogP contribution in [-0.4, -0.2) is 57.2 Å². The van der Waals surface area contributed by atoms with Gasteiger partial charge in [-0.25, -0.2) is 0 Å². The Morgan fingerprint density at radius 2 is 2.00 bits per heavy atom. The van der Waals surface area contributed by atoms with Gasteiger partial charge in [0.25, 0.3) is 5.56 Å². The van der Waals surface area contributed by atoms with E-state index in [9.17, 15) is 4.79 Å². The van der Waals surface area contributed by atoms with Crippen molar-refractivity contribution in [2.24, 2.45) is 0 Å². The first-order valence-corrected chi connectivity index (χ1v) is 8.05. The number of hydrogen-bond donors (Lipinski definition) is 0. The average molecular weight is 317 g/mol. The zero-order valence-electron chi connectivity index (χ0n) is 13.7. The van der Waals surface area contributed by atoms with Crippen molar-refractivity contribution in [2.75, 3.05) is 32.7 Å². The summed E-state index contributed by atoms with van der Waals surface area (Å²) in [6.45, 7) is 9.47. The highest BCUT2D eigenvalue weighted by molar-refractivity contribution is 4.94. The zero-order valence-corrected chi connectivity index (χ0v) is 13.7. The van der Waals surface area contributed by atoms with Crippen LogP contribution in [0.1, 0.15) is 24.7 Å². The van der Waals surface area contributed by atoms with Crippen molar-refractivity contribution < 1.29 is 4.52 Å². The van der Waals surface area contributed by atoms with Crippen LogP contribution < -0.4 is 5.56 Å². The average Bonchev–Trinajstić information content (AvgIpc) is 3.00. The fourth-order valence-corrected chi connectivity index (χ4v) is 2.91. The van der Waals surface area contributed by atoms with Crippen LogP contribution in [0, 0.1) is 6.92 Å². The molecule has 0 spiro atoms. The standard InChI is InChI=1S/C16H23N5O2/c1-13(16-17-14(2)18-23-16)20-10-7-19(8-11-20)9-12-21-6-4-3-5-15(21)22/h3-6,13H,7-12H2,1-2H3. The minimum absolute atomic E-state index is 0.0616. The molecule has 2 aromatic heterocycles. The third kappa shape index (κ3) is 3.86. The number of aromatic nitrogens is 3. The van der Waals surface area contributed by atoms with Crippen molar-refractivity contribution in [2.45, 2.75) is 26.4 Å². The van der Waals surface area contributed by atoms with Gasteiger partial charge in [0.15, 0.2) is 5.82 Å². The van der Waals surface area contributed by atoms with Gasteiger partial charge in [0.1, 0.15) is 0 Å². The summed E-state index contributed by atoms with van der Waals surface area (Å²) in [5.74, 6) is 1.37. The quantitative estimate of drug-likeness (QED) is 0.817. The van der Waals surface area contributed by atoms with Crippen molar-refractivity contribution in [3.63, 3.8) is 0 Å². The molecule has 23 heavy (non-hydrogen) atoms. The molecule has 1 atom stereocenters. The first-order chi connectivity index (χ1) is 11.1. The van der Waals surface area contributed by atoms with E-state index in [4.69, 9.17) is 4.52 Å². The van der Waals surface area contributed by atoms with Crippen LogP contribution in [-0.2, 0) is 6.54 Å². The van der Waals surface area contributed by atoms with E-state index in [-0.39, 0.29) is 11.6 Å². The first kappa shape index (κ1) is 15.9. The van der Waals surface area contributed by atoms with Crippen LogP contribution in [0.5, 0.6) is 0 Å². The molecule has 1 aliphatic rings. The predicted octanol–water partition coefficient (Wildman–Crippen LogP) is 0.919. The lowest BCUT2D eigenvalue weighted by Crippen LogP contribution is -2.48. The van der Waals surface area contributed by atoms with E-state index < -0.39 is 0 Å². The number of hydrogen-bond acceptors (Lipinski definition) is 6. The van der Waals surface area contributed by atoms with Crippen LogP contribution in [0.2, 0.25) is 0 Å². The highest BCUT2D eigenvalue weighted by atomic mass is 16.5. The van der Waals surface area contributed by atoms with Crippen LogP contribution in [0.15, 0.2) is 33.7 Å². The molecule has 1 aliphatic heterocycles. The maximum atomic E-state index is 11.7. The van der Waals surface area contributed by atoms with Crippen molar-refractivity contribution in [1.82, 2.24) is 24.5 Å². The van der Waals surface area contributed by atoms with Gasteiger partial charge in [-0.2, -0.15) is 4.98 Å². The molecule has 3 rings (SSSR count). The second kappa shape index (κ2) is 7.06. The van der Waals surface area contributed by atoms with Crippen molar-refractivity contribution in [3.8, 4) is 0 Å². The monoisotopic (exact) mass is 317 g/mol. The smallest absolute Gasteiger partial charge is 0.250 e. The van der Waals surface area contributed by atoms with Gasteiger partial charge in [0.2, 0.25) is 5.89 Å². The van der Waals surface area contributed by atoms with Crippen LogP contribution >= 0.6 is 0 Å². The molecule has 3 heterocycles. The van der Waals surface area contributed by atoms with E-state index >= 15 is 0 Å². The summed E-state index contributed by atoms with van der Waals surface area (Å²) in [5.41, 5.74) is 0.0616. The Balaban J connectivity index is 1.49. The van der Waals surface area contributed by atoms with Crippen LogP contribution in [0.3, 0.4) is 0 Å². The summed E-state index contributed by atoms with van der Waals surface area (Å²) >= 11 is 0. The van der Waals surface area contributed by atoms with Gasteiger partial charge < -0.3 is 9.09 Å². The minimum atomic E-state index is 0.0616. The summed E-state index contributed by atoms with van der Waals surface area (Å²) in [7, 11) is 0. The molecule has 0 amide bonds. The molecule has 124 valence electrons. The molecule has 1 fully saturated rings. The molecule has 0 saturated carbocycles. The third-order valence-electron chi connectivity index (χ3n) is 4.41. The summed E-state index contributed by atoms with van der Waals surface area (Å²) in [4.78, 5) is 20.8. The lowest BCUT2D eigenvalue weighted by atomic mass is 10.2. The Morgan fingerprint density at radius 3 is 2.65 bits per heavy atom. The molecule has 0 bridgehead atoms. The van der Waals surface area contributed by atoms with Crippen LogP contribution in [0.4, 0.5) is 0 Å². The highest BCUT2D eigenvalue weighted by Gasteiger charge is 2.25. The fourth-order valence-electron chi connectivity index (χ4n) is 2.91. The molecule has 0 N–H and O–H groups in total. The van der Waals surface area contributed by atoms with Crippen molar-refractivity contribution in [3.05, 3.63) is 46.5 Å². The van der Waals surface area contributed by atoms with Gasteiger partial charge in [-0.1, -0.05) is 11.2 Å². The first-order valence-electron chi connectivity index (χ1n) is 8.05. The molecule has 7 nitrogen and oxygen atoms in total. The van der Waals surface area contributed by atoms with E-state index in [0.29, 0.717) is 11.7 Å². The molecular weight excluding hydrogens is 294 g/mol. The Hall–Kier alpha value is -1.99. The van der Waals surface area contributed by atoms with E-state index in [2.05, 4.69) is 26.9 Å². The lowest BCUT2D eigenvalue weighted by Gasteiger charge is -2.36. The Labute approximate surface area is 135 Å². The SMILES string of the molecule is Cc1noc(C(C)N2CCN(CCn3ccccc3=O)CC2)n1. The molecular formula is C16H23N5O2. The van der Waals surface area contributed by atoms with E-state index in [1.165, 1.54) is 0 Å². The zero-order chi connectivity index (χ0) is 16.2. The Morgan fingerprint density at radius 1 is 1.22 bits per heavy atom. The number of rotatable bonds is 5. The molecule has 0 aliphatic carbocycles. The number of piperazine rings is 1. The number of pyridine rings is 1. The summed E-state index contributed by atoms with van der Waals surface area (Å²) in [6.07, 6.45) is 1.85. The predicted molar refractivity (Wildman–Crippen MR) is 86.2 cm³/mol. The largest absolute Gasteiger partial charge is 0.338 e. The highest BCUT2D eigenvalue weighted by Crippen LogP contribution is 2.19. The Kier molecular flexibility index (Phi) is 4.88. The number of aryl methyl sites for hydroxylation is 1. The Bertz CT molecular complexity index is 688. The molecule has 0 radical (unpaired) electrons. The van der Waals surface area contributed by atoms with Gasteiger partial charge in [0.05, 0.1) is 6.04 Å². The van der Waals surface area contributed by atoms with Crippen molar-refractivity contribution in [1.29, 1.82) is 0 Å². The van der Waals surface area contributed by atoms with Gasteiger partial charge in [-0.15, -0.1) is 0 Å². The maximum Gasteiger partial charge on any atom is 0.250 e. The fraction of sp³-hybridized carbons (Fsp3) is 0.562. The molecule has 2 aromatic rings.